The molecule has 5 heteroatoms. The van der Waals surface area contributed by atoms with Crippen molar-refractivity contribution in [3.05, 3.63) is 22.7 Å². The number of carbonyl (C=O) groups excluding carboxylic acids is 1. The Bertz CT molecular complexity index is 390. The molecule has 80 valence electrons. The van der Waals surface area contributed by atoms with Crippen LogP contribution in [0, 0.1) is 0 Å². The van der Waals surface area contributed by atoms with Crippen molar-refractivity contribution in [2.75, 3.05) is 11.1 Å². The van der Waals surface area contributed by atoms with E-state index in [9.17, 15) is 4.79 Å². The van der Waals surface area contributed by atoms with Gasteiger partial charge in [0.15, 0.2) is 0 Å². The molecule has 1 aliphatic carbocycles. The van der Waals surface area contributed by atoms with Gasteiger partial charge in [-0.05, 0) is 47.0 Å². The fourth-order valence-corrected chi connectivity index (χ4v) is 1.56. The number of rotatable bonds is 2. The second-order valence-corrected chi connectivity index (χ2v) is 4.47. The minimum atomic E-state index is -0.177. The van der Waals surface area contributed by atoms with Gasteiger partial charge in [-0.3, -0.25) is 0 Å². The van der Waals surface area contributed by atoms with Gasteiger partial charge in [-0.25, -0.2) is 4.79 Å². The molecule has 0 heterocycles. The first-order valence-electron chi connectivity index (χ1n) is 4.77. The highest BCUT2D eigenvalue weighted by Gasteiger charge is 2.23. The smallest absolute Gasteiger partial charge is 0.319 e. The Labute approximate surface area is 96.4 Å². The normalized spacial score (nSPS) is 14.7. The van der Waals surface area contributed by atoms with E-state index in [4.69, 9.17) is 5.73 Å². The molecule has 0 spiro atoms. The second-order valence-electron chi connectivity index (χ2n) is 3.61. The van der Waals surface area contributed by atoms with Gasteiger partial charge in [0.2, 0.25) is 0 Å². The van der Waals surface area contributed by atoms with Crippen LogP contribution in [-0.2, 0) is 0 Å². The minimum Gasteiger partial charge on any atom is -0.399 e. The summed E-state index contributed by atoms with van der Waals surface area (Å²) in [5.74, 6) is 0. The van der Waals surface area contributed by atoms with Gasteiger partial charge in [-0.2, -0.15) is 0 Å². The molecule has 0 aliphatic heterocycles. The molecule has 1 fully saturated rings. The van der Waals surface area contributed by atoms with Crippen molar-refractivity contribution in [2.24, 2.45) is 0 Å². The third-order valence-electron chi connectivity index (χ3n) is 2.15. The third kappa shape index (κ3) is 2.86. The molecular formula is C10H12BrN3O. The van der Waals surface area contributed by atoms with Crippen LogP contribution in [0.15, 0.2) is 22.7 Å². The highest BCUT2D eigenvalue weighted by Crippen LogP contribution is 2.25. The average molecular weight is 270 g/mol. The van der Waals surface area contributed by atoms with E-state index in [1.165, 1.54) is 0 Å². The topological polar surface area (TPSA) is 67.1 Å². The Hall–Kier alpha value is -1.23. The number of nitrogen functional groups attached to an aromatic ring is 1. The van der Waals surface area contributed by atoms with Crippen LogP contribution >= 0.6 is 15.9 Å². The van der Waals surface area contributed by atoms with Crippen molar-refractivity contribution >= 4 is 33.3 Å². The Kier molecular flexibility index (Phi) is 2.81. The lowest BCUT2D eigenvalue weighted by molar-refractivity contribution is 0.251. The fraction of sp³-hybridized carbons (Fsp3) is 0.300. The van der Waals surface area contributed by atoms with E-state index in [-0.39, 0.29) is 6.03 Å². The first kappa shape index (κ1) is 10.3. The Balaban J connectivity index is 2.01. The summed E-state index contributed by atoms with van der Waals surface area (Å²) in [6.45, 7) is 0. The highest BCUT2D eigenvalue weighted by molar-refractivity contribution is 9.10. The maximum Gasteiger partial charge on any atom is 0.319 e. The number of amides is 2. The summed E-state index contributed by atoms with van der Waals surface area (Å²) in [6.07, 6.45) is 2.15. The van der Waals surface area contributed by atoms with Gasteiger partial charge in [-0.1, -0.05) is 0 Å². The Morgan fingerprint density at radius 3 is 2.87 bits per heavy atom. The molecular weight excluding hydrogens is 258 g/mol. The summed E-state index contributed by atoms with van der Waals surface area (Å²) in [6, 6.07) is 5.47. The summed E-state index contributed by atoms with van der Waals surface area (Å²) in [4.78, 5) is 11.4. The van der Waals surface area contributed by atoms with Crippen LogP contribution in [0.1, 0.15) is 12.8 Å². The molecule has 2 amide bonds. The van der Waals surface area contributed by atoms with Crippen LogP contribution in [0.2, 0.25) is 0 Å². The number of nitrogens with two attached hydrogens (primary N) is 1. The van der Waals surface area contributed by atoms with Crippen LogP contribution in [0.4, 0.5) is 16.2 Å². The zero-order chi connectivity index (χ0) is 10.8. The molecule has 0 radical (unpaired) electrons. The SMILES string of the molecule is Nc1ccc(Br)c(NC(=O)NC2CC2)c1. The van der Waals surface area contributed by atoms with Gasteiger partial charge in [0, 0.05) is 16.2 Å². The number of urea groups is 1. The molecule has 4 nitrogen and oxygen atoms in total. The molecule has 2 rings (SSSR count). The van der Waals surface area contributed by atoms with Crippen molar-refractivity contribution < 1.29 is 4.79 Å². The molecule has 0 aromatic heterocycles. The summed E-state index contributed by atoms with van der Waals surface area (Å²) in [5, 5.41) is 5.58. The third-order valence-corrected chi connectivity index (χ3v) is 2.84. The van der Waals surface area contributed by atoms with Gasteiger partial charge >= 0.3 is 6.03 Å². The number of hydrogen-bond acceptors (Lipinski definition) is 2. The monoisotopic (exact) mass is 269 g/mol. The summed E-state index contributed by atoms with van der Waals surface area (Å²) < 4.78 is 0.822. The Morgan fingerprint density at radius 2 is 2.20 bits per heavy atom. The van der Waals surface area contributed by atoms with E-state index >= 15 is 0 Å². The highest BCUT2D eigenvalue weighted by atomic mass is 79.9. The van der Waals surface area contributed by atoms with Crippen molar-refractivity contribution in [1.82, 2.24) is 5.32 Å². The first-order chi connectivity index (χ1) is 7.15. The van der Waals surface area contributed by atoms with Crippen LogP contribution in [0.5, 0.6) is 0 Å². The predicted molar refractivity (Wildman–Crippen MR) is 63.7 cm³/mol. The number of hydrogen-bond donors (Lipinski definition) is 3. The standard InChI is InChI=1S/C10H12BrN3O/c11-8-4-1-6(12)5-9(8)14-10(15)13-7-2-3-7/h1,4-5,7H,2-3,12H2,(H2,13,14,15). The zero-order valence-corrected chi connectivity index (χ0v) is 9.67. The maximum absolute atomic E-state index is 11.4. The Morgan fingerprint density at radius 1 is 1.47 bits per heavy atom. The van der Waals surface area contributed by atoms with Gasteiger partial charge in [-0.15, -0.1) is 0 Å². The molecule has 1 aromatic carbocycles. The summed E-state index contributed by atoms with van der Waals surface area (Å²) in [5.41, 5.74) is 6.94. The molecule has 0 unspecified atom stereocenters. The number of benzene rings is 1. The van der Waals surface area contributed by atoms with E-state index in [2.05, 4.69) is 26.6 Å². The van der Waals surface area contributed by atoms with E-state index in [0.717, 1.165) is 17.3 Å². The second kappa shape index (κ2) is 4.10. The lowest BCUT2D eigenvalue weighted by atomic mass is 10.3. The maximum atomic E-state index is 11.4. The quantitative estimate of drug-likeness (QED) is 0.722. The lowest BCUT2D eigenvalue weighted by Gasteiger charge is -2.08. The number of halogens is 1. The minimum absolute atomic E-state index is 0.177. The van der Waals surface area contributed by atoms with Gasteiger partial charge < -0.3 is 16.4 Å². The molecule has 1 aromatic rings. The van der Waals surface area contributed by atoms with Crippen LogP contribution < -0.4 is 16.4 Å². The number of carbonyl (C=O) groups is 1. The molecule has 0 bridgehead atoms. The lowest BCUT2D eigenvalue weighted by Crippen LogP contribution is -2.30. The summed E-state index contributed by atoms with van der Waals surface area (Å²) in [7, 11) is 0. The van der Waals surface area contributed by atoms with Crippen LogP contribution in [-0.4, -0.2) is 12.1 Å². The summed E-state index contributed by atoms with van der Waals surface area (Å²) >= 11 is 3.34. The number of anilines is 2. The molecule has 1 aliphatic rings. The fourth-order valence-electron chi connectivity index (χ4n) is 1.21. The van der Waals surface area contributed by atoms with Crippen molar-refractivity contribution in [1.29, 1.82) is 0 Å². The van der Waals surface area contributed by atoms with E-state index in [0.29, 0.717) is 17.4 Å². The zero-order valence-electron chi connectivity index (χ0n) is 8.09. The van der Waals surface area contributed by atoms with Gasteiger partial charge in [0.25, 0.3) is 0 Å². The predicted octanol–water partition coefficient (Wildman–Crippen LogP) is 2.32. The number of nitrogens with one attached hydrogen (secondary N) is 2. The molecule has 0 atom stereocenters. The van der Waals surface area contributed by atoms with Gasteiger partial charge in [0.1, 0.15) is 0 Å². The van der Waals surface area contributed by atoms with Gasteiger partial charge in [0.05, 0.1) is 5.69 Å². The first-order valence-corrected chi connectivity index (χ1v) is 5.57. The molecule has 4 N–H and O–H groups in total. The van der Waals surface area contributed by atoms with Crippen molar-refractivity contribution in [3.63, 3.8) is 0 Å². The molecule has 1 saturated carbocycles. The van der Waals surface area contributed by atoms with E-state index in [1.807, 2.05) is 6.07 Å². The van der Waals surface area contributed by atoms with Crippen LogP contribution in [0.25, 0.3) is 0 Å². The van der Waals surface area contributed by atoms with Crippen molar-refractivity contribution in [2.45, 2.75) is 18.9 Å². The van der Waals surface area contributed by atoms with Crippen LogP contribution in [0.3, 0.4) is 0 Å². The molecule has 0 saturated heterocycles. The molecule has 15 heavy (non-hydrogen) atoms. The van der Waals surface area contributed by atoms with Crippen molar-refractivity contribution in [3.8, 4) is 0 Å². The van der Waals surface area contributed by atoms with E-state index in [1.54, 1.807) is 12.1 Å². The van der Waals surface area contributed by atoms with E-state index < -0.39 is 0 Å². The largest absolute Gasteiger partial charge is 0.399 e. The average Bonchev–Trinajstić information content (AvgIpc) is 2.95.